The molecule has 1 saturated carbocycles. The Morgan fingerprint density at radius 3 is 2.72 bits per heavy atom. The molecule has 6 nitrogen and oxygen atoms in total. The summed E-state index contributed by atoms with van der Waals surface area (Å²) >= 11 is 1.75. The lowest BCUT2D eigenvalue weighted by Crippen LogP contribution is -2.58. The van der Waals surface area contributed by atoms with Crippen LogP contribution in [0, 0.1) is 0 Å². The van der Waals surface area contributed by atoms with Gasteiger partial charge in [-0.1, -0.05) is 0 Å². The van der Waals surface area contributed by atoms with E-state index in [-0.39, 0.29) is 30.8 Å². The number of hydrogen-bond acceptors (Lipinski definition) is 7. The number of rotatable bonds is 5. The Balaban J connectivity index is 1.34. The molecule has 0 radical (unpaired) electrons. The SMILES string of the molecule is OC[C@H]1CCc2sc3nccc(OC4CCC(CO)(N5CCOCC5)CC4)c3c21. The van der Waals surface area contributed by atoms with Crippen molar-refractivity contribution in [3.8, 4) is 5.75 Å². The third-order valence-corrected chi connectivity index (χ3v) is 8.32. The minimum absolute atomic E-state index is 0.122. The first-order valence-electron chi connectivity index (χ1n) is 10.9. The topological polar surface area (TPSA) is 75.1 Å². The van der Waals surface area contributed by atoms with Crippen molar-refractivity contribution in [2.24, 2.45) is 0 Å². The van der Waals surface area contributed by atoms with Crippen LogP contribution in [0.4, 0.5) is 0 Å². The summed E-state index contributed by atoms with van der Waals surface area (Å²) in [5.74, 6) is 1.13. The zero-order valence-electron chi connectivity index (χ0n) is 16.8. The van der Waals surface area contributed by atoms with Crippen LogP contribution in [0.25, 0.3) is 10.2 Å². The van der Waals surface area contributed by atoms with Crippen molar-refractivity contribution in [1.82, 2.24) is 9.88 Å². The molecule has 1 saturated heterocycles. The van der Waals surface area contributed by atoms with Crippen LogP contribution in [0.15, 0.2) is 12.3 Å². The van der Waals surface area contributed by atoms with Gasteiger partial charge in [0.2, 0.25) is 0 Å². The van der Waals surface area contributed by atoms with Gasteiger partial charge >= 0.3 is 0 Å². The highest BCUT2D eigenvalue weighted by Crippen LogP contribution is 2.47. The first-order valence-corrected chi connectivity index (χ1v) is 11.7. The molecule has 3 heterocycles. The van der Waals surface area contributed by atoms with Crippen molar-refractivity contribution >= 4 is 21.6 Å². The van der Waals surface area contributed by atoms with Gasteiger partial charge in [0.15, 0.2) is 0 Å². The lowest BCUT2D eigenvalue weighted by molar-refractivity contribution is -0.0706. The second-order valence-corrected chi connectivity index (χ2v) is 9.73. The van der Waals surface area contributed by atoms with E-state index >= 15 is 0 Å². The maximum absolute atomic E-state index is 10.2. The van der Waals surface area contributed by atoms with E-state index in [0.29, 0.717) is 0 Å². The van der Waals surface area contributed by atoms with Crippen LogP contribution in [-0.4, -0.2) is 71.3 Å². The highest BCUT2D eigenvalue weighted by atomic mass is 32.1. The summed E-state index contributed by atoms with van der Waals surface area (Å²) in [5.41, 5.74) is 1.15. The fraction of sp³-hybridized carbons (Fsp3) is 0.682. The van der Waals surface area contributed by atoms with Crippen molar-refractivity contribution in [3.05, 3.63) is 22.7 Å². The number of nitrogens with zero attached hydrogens (tertiary/aromatic N) is 2. The highest BCUT2D eigenvalue weighted by Gasteiger charge is 2.41. The molecule has 158 valence electrons. The summed E-state index contributed by atoms with van der Waals surface area (Å²) < 4.78 is 12.0. The number of ether oxygens (including phenoxy) is 2. The summed E-state index contributed by atoms with van der Waals surface area (Å²) in [7, 11) is 0. The molecule has 1 aliphatic heterocycles. The molecular weight excluding hydrogens is 388 g/mol. The van der Waals surface area contributed by atoms with Gasteiger partial charge in [-0.2, -0.15) is 0 Å². The molecule has 2 fully saturated rings. The minimum Gasteiger partial charge on any atom is -0.490 e. The number of fused-ring (bicyclic) bond motifs is 3. The van der Waals surface area contributed by atoms with Gasteiger partial charge in [0.05, 0.1) is 37.9 Å². The van der Waals surface area contributed by atoms with E-state index in [1.165, 1.54) is 10.4 Å². The van der Waals surface area contributed by atoms with Crippen LogP contribution >= 0.6 is 11.3 Å². The predicted molar refractivity (Wildman–Crippen MR) is 113 cm³/mol. The molecule has 2 aliphatic carbocycles. The second-order valence-electron chi connectivity index (χ2n) is 8.65. The van der Waals surface area contributed by atoms with Gasteiger partial charge in [-0.25, -0.2) is 4.98 Å². The summed E-state index contributed by atoms with van der Waals surface area (Å²) in [4.78, 5) is 9.38. The van der Waals surface area contributed by atoms with Crippen LogP contribution in [0.2, 0.25) is 0 Å². The Bertz CT molecular complexity index is 856. The molecule has 3 aliphatic rings. The van der Waals surface area contributed by atoms with Gasteiger partial charge in [-0.05, 0) is 50.2 Å². The number of aliphatic hydroxyl groups is 2. The number of aryl methyl sites for hydroxylation is 1. The highest BCUT2D eigenvalue weighted by molar-refractivity contribution is 7.19. The van der Waals surface area contributed by atoms with Gasteiger partial charge < -0.3 is 19.7 Å². The Morgan fingerprint density at radius 2 is 2.00 bits per heavy atom. The van der Waals surface area contributed by atoms with Crippen molar-refractivity contribution in [1.29, 1.82) is 0 Å². The van der Waals surface area contributed by atoms with Gasteiger partial charge in [0.1, 0.15) is 10.6 Å². The summed E-state index contributed by atoms with van der Waals surface area (Å²) in [5, 5.41) is 21.1. The van der Waals surface area contributed by atoms with Gasteiger partial charge in [0, 0.05) is 35.6 Å². The van der Waals surface area contributed by atoms with Crippen LogP contribution in [0.1, 0.15) is 48.5 Å². The van der Waals surface area contributed by atoms with Crippen LogP contribution in [0.3, 0.4) is 0 Å². The molecule has 2 aromatic rings. The van der Waals surface area contributed by atoms with E-state index in [0.717, 1.165) is 80.8 Å². The Labute approximate surface area is 175 Å². The van der Waals surface area contributed by atoms with Gasteiger partial charge in [0.25, 0.3) is 0 Å². The first-order chi connectivity index (χ1) is 14.2. The van der Waals surface area contributed by atoms with Gasteiger partial charge in [-0.15, -0.1) is 11.3 Å². The Morgan fingerprint density at radius 1 is 1.21 bits per heavy atom. The minimum atomic E-state index is -0.122. The van der Waals surface area contributed by atoms with Crippen molar-refractivity contribution in [2.45, 2.75) is 56.1 Å². The van der Waals surface area contributed by atoms with E-state index in [4.69, 9.17) is 9.47 Å². The van der Waals surface area contributed by atoms with E-state index in [1.54, 1.807) is 11.3 Å². The third kappa shape index (κ3) is 3.47. The fourth-order valence-electron chi connectivity index (χ4n) is 5.45. The summed E-state index contributed by atoms with van der Waals surface area (Å²) in [6.45, 7) is 3.71. The standard InChI is InChI=1S/C22H30N2O4S/c25-13-15-1-2-18-19(15)20-17(5-8-23-21(20)29-18)28-16-3-6-22(14-26,7-4-16)24-9-11-27-12-10-24/h5,8,15-16,25-26H,1-4,6-7,9-14H2/t15-,16?,22?/m1/s1. The number of aromatic nitrogens is 1. The van der Waals surface area contributed by atoms with E-state index in [1.807, 2.05) is 12.3 Å². The van der Waals surface area contributed by atoms with Crippen molar-refractivity contribution in [3.63, 3.8) is 0 Å². The Kier molecular flexibility index (Phi) is 5.51. The summed E-state index contributed by atoms with van der Waals surface area (Å²) in [6.07, 6.45) is 7.83. The van der Waals surface area contributed by atoms with E-state index in [9.17, 15) is 10.2 Å². The molecule has 0 amide bonds. The molecule has 0 spiro atoms. The van der Waals surface area contributed by atoms with Crippen LogP contribution in [-0.2, 0) is 11.2 Å². The maximum atomic E-state index is 10.2. The zero-order chi connectivity index (χ0) is 19.8. The predicted octanol–water partition coefficient (Wildman–Crippen LogP) is 2.70. The number of morpholine rings is 1. The number of thiophene rings is 1. The van der Waals surface area contributed by atoms with Crippen molar-refractivity contribution < 1.29 is 19.7 Å². The molecular formula is C22H30N2O4S. The first kappa shape index (κ1) is 19.7. The lowest BCUT2D eigenvalue weighted by atomic mass is 9.79. The molecule has 0 bridgehead atoms. The molecule has 1 atom stereocenters. The van der Waals surface area contributed by atoms with E-state index in [2.05, 4.69) is 9.88 Å². The molecule has 2 aromatic heterocycles. The summed E-state index contributed by atoms with van der Waals surface area (Å²) in [6, 6.07) is 1.98. The number of hydrogen-bond donors (Lipinski definition) is 2. The van der Waals surface area contributed by atoms with Crippen LogP contribution in [0.5, 0.6) is 5.75 Å². The third-order valence-electron chi connectivity index (χ3n) is 7.15. The fourth-order valence-corrected chi connectivity index (χ4v) is 6.71. The molecule has 0 aromatic carbocycles. The monoisotopic (exact) mass is 418 g/mol. The van der Waals surface area contributed by atoms with Crippen LogP contribution < -0.4 is 4.74 Å². The van der Waals surface area contributed by atoms with Gasteiger partial charge in [-0.3, -0.25) is 4.90 Å². The second kappa shape index (κ2) is 8.12. The quantitative estimate of drug-likeness (QED) is 0.778. The molecule has 2 N–H and O–H groups in total. The molecule has 5 rings (SSSR count). The normalized spacial score (nSPS) is 30.6. The maximum Gasteiger partial charge on any atom is 0.131 e. The molecule has 7 heteroatoms. The smallest absolute Gasteiger partial charge is 0.131 e. The average Bonchev–Trinajstić information content (AvgIpc) is 3.34. The Hall–Kier alpha value is -1.25. The number of pyridine rings is 1. The van der Waals surface area contributed by atoms with E-state index < -0.39 is 0 Å². The largest absolute Gasteiger partial charge is 0.490 e. The number of aliphatic hydroxyl groups excluding tert-OH is 2. The zero-order valence-corrected chi connectivity index (χ0v) is 17.6. The molecule has 29 heavy (non-hydrogen) atoms. The average molecular weight is 419 g/mol. The lowest BCUT2D eigenvalue weighted by Gasteiger charge is -2.48. The van der Waals surface area contributed by atoms with Crippen molar-refractivity contribution in [2.75, 3.05) is 39.5 Å². The molecule has 0 unspecified atom stereocenters.